The largest absolute Gasteiger partial charge is 0.454 e. The van der Waals surface area contributed by atoms with Crippen LogP contribution in [-0.4, -0.2) is 38.4 Å². The van der Waals surface area contributed by atoms with Gasteiger partial charge in [-0.1, -0.05) is 6.07 Å². The van der Waals surface area contributed by atoms with Crippen LogP contribution in [0.5, 0.6) is 11.5 Å². The molecule has 1 unspecified atom stereocenters. The molecule has 2 atom stereocenters. The molecule has 2 N–H and O–H groups in total. The SMILES string of the molecule is C[C@@H]1CCCC[NH+]1CCCNC(=O)/C=C/c1ccc2c(c1)OCO2. The first-order chi connectivity index (χ1) is 11.7. The number of quaternary nitrogens is 1. The van der Waals surface area contributed by atoms with Crippen LogP contribution in [0.15, 0.2) is 24.3 Å². The minimum atomic E-state index is -0.0469. The summed E-state index contributed by atoms with van der Waals surface area (Å²) in [5, 5.41) is 2.96. The van der Waals surface area contributed by atoms with Gasteiger partial charge in [0.2, 0.25) is 12.7 Å². The fourth-order valence-electron chi connectivity index (χ4n) is 3.40. The lowest BCUT2D eigenvalue weighted by molar-refractivity contribution is -0.928. The van der Waals surface area contributed by atoms with Crippen LogP contribution >= 0.6 is 0 Å². The van der Waals surface area contributed by atoms with Crippen LogP contribution in [0.3, 0.4) is 0 Å². The number of hydrogen-bond acceptors (Lipinski definition) is 3. The Morgan fingerprint density at radius 1 is 1.33 bits per heavy atom. The third-order valence-electron chi connectivity index (χ3n) is 4.88. The van der Waals surface area contributed by atoms with Crippen molar-refractivity contribution in [3.63, 3.8) is 0 Å². The zero-order valence-electron chi connectivity index (χ0n) is 14.3. The van der Waals surface area contributed by atoms with E-state index < -0.39 is 0 Å². The highest BCUT2D eigenvalue weighted by Gasteiger charge is 2.20. The fraction of sp³-hybridized carbons (Fsp3) is 0.526. The second-order valence-electron chi connectivity index (χ2n) is 6.65. The molecule has 24 heavy (non-hydrogen) atoms. The first kappa shape index (κ1) is 16.8. The number of nitrogens with one attached hydrogen (secondary N) is 2. The van der Waals surface area contributed by atoms with E-state index >= 15 is 0 Å². The zero-order chi connectivity index (χ0) is 16.8. The average Bonchev–Trinajstić information content (AvgIpc) is 3.06. The molecule has 5 nitrogen and oxygen atoms in total. The van der Waals surface area contributed by atoms with Crippen LogP contribution in [-0.2, 0) is 4.79 Å². The number of fused-ring (bicyclic) bond motifs is 1. The third-order valence-corrected chi connectivity index (χ3v) is 4.88. The number of likely N-dealkylation sites (tertiary alicyclic amines) is 1. The van der Waals surface area contributed by atoms with Crippen molar-refractivity contribution in [3.05, 3.63) is 29.8 Å². The van der Waals surface area contributed by atoms with E-state index in [1.807, 2.05) is 18.2 Å². The lowest BCUT2D eigenvalue weighted by Gasteiger charge is -2.30. The predicted molar refractivity (Wildman–Crippen MR) is 93.2 cm³/mol. The van der Waals surface area contributed by atoms with Crippen LogP contribution in [0.25, 0.3) is 6.08 Å². The summed E-state index contributed by atoms with van der Waals surface area (Å²) in [7, 11) is 0. The highest BCUT2D eigenvalue weighted by Crippen LogP contribution is 2.32. The second-order valence-corrected chi connectivity index (χ2v) is 6.65. The average molecular weight is 331 g/mol. The number of carbonyl (C=O) groups excluding carboxylic acids is 1. The summed E-state index contributed by atoms with van der Waals surface area (Å²) in [6.07, 6.45) is 8.45. The van der Waals surface area contributed by atoms with Crippen molar-refractivity contribution in [1.29, 1.82) is 0 Å². The summed E-state index contributed by atoms with van der Waals surface area (Å²) in [6, 6.07) is 6.43. The van der Waals surface area contributed by atoms with Gasteiger partial charge in [0.05, 0.1) is 19.1 Å². The number of amides is 1. The van der Waals surface area contributed by atoms with Gasteiger partial charge in [-0.3, -0.25) is 4.79 Å². The van der Waals surface area contributed by atoms with Crippen molar-refractivity contribution >= 4 is 12.0 Å². The topological polar surface area (TPSA) is 52.0 Å². The Morgan fingerprint density at radius 3 is 3.08 bits per heavy atom. The predicted octanol–water partition coefficient (Wildman–Crippen LogP) is 1.39. The molecule has 1 saturated heterocycles. The van der Waals surface area contributed by atoms with Gasteiger partial charge in [-0.05, 0) is 50.0 Å². The molecule has 130 valence electrons. The first-order valence-corrected chi connectivity index (χ1v) is 8.92. The minimum Gasteiger partial charge on any atom is -0.454 e. The van der Waals surface area contributed by atoms with E-state index in [0.29, 0.717) is 0 Å². The lowest BCUT2D eigenvalue weighted by Crippen LogP contribution is -3.16. The van der Waals surface area contributed by atoms with Crippen molar-refractivity contribution in [2.24, 2.45) is 0 Å². The van der Waals surface area contributed by atoms with Crippen molar-refractivity contribution in [1.82, 2.24) is 5.32 Å². The van der Waals surface area contributed by atoms with Gasteiger partial charge in [0.25, 0.3) is 0 Å². The molecule has 2 aliphatic heterocycles. The summed E-state index contributed by atoms with van der Waals surface area (Å²) >= 11 is 0. The number of benzene rings is 1. The molecule has 1 aromatic carbocycles. The number of ether oxygens (including phenoxy) is 2. The number of rotatable bonds is 6. The molecule has 5 heteroatoms. The fourth-order valence-corrected chi connectivity index (χ4v) is 3.40. The quantitative estimate of drug-likeness (QED) is 0.612. The van der Waals surface area contributed by atoms with Crippen molar-refractivity contribution in [2.75, 3.05) is 26.4 Å². The second kappa shape index (κ2) is 8.20. The van der Waals surface area contributed by atoms with E-state index in [1.54, 1.807) is 17.1 Å². The molecule has 0 spiro atoms. The molecule has 1 fully saturated rings. The van der Waals surface area contributed by atoms with E-state index in [2.05, 4.69) is 12.2 Å². The summed E-state index contributed by atoms with van der Waals surface area (Å²) in [4.78, 5) is 13.6. The number of carbonyl (C=O) groups is 1. The Hall–Kier alpha value is -2.01. The van der Waals surface area contributed by atoms with Crippen LogP contribution < -0.4 is 19.7 Å². The Bertz CT molecular complexity index is 600. The molecular formula is C19H27N2O3+. The van der Waals surface area contributed by atoms with Crippen molar-refractivity contribution in [3.8, 4) is 11.5 Å². The van der Waals surface area contributed by atoms with Gasteiger partial charge < -0.3 is 19.7 Å². The third kappa shape index (κ3) is 4.51. The molecule has 2 aliphatic rings. The molecule has 0 bridgehead atoms. The molecule has 3 rings (SSSR count). The maximum absolute atomic E-state index is 11.9. The Balaban J connectivity index is 1.38. The maximum atomic E-state index is 11.9. The van der Waals surface area contributed by atoms with Gasteiger partial charge in [0, 0.05) is 19.0 Å². The Kier molecular flexibility index (Phi) is 5.75. The van der Waals surface area contributed by atoms with E-state index in [4.69, 9.17) is 9.47 Å². The monoisotopic (exact) mass is 331 g/mol. The normalized spacial score (nSPS) is 22.7. The van der Waals surface area contributed by atoms with Crippen LogP contribution in [0.2, 0.25) is 0 Å². The molecule has 1 amide bonds. The van der Waals surface area contributed by atoms with E-state index in [1.165, 1.54) is 25.8 Å². The van der Waals surface area contributed by atoms with Gasteiger partial charge in [-0.2, -0.15) is 0 Å². The van der Waals surface area contributed by atoms with Crippen LogP contribution in [0.1, 0.15) is 38.2 Å². The van der Waals surface area contributed by atoms with Gasteiger partial charge in [0.15, 0.2) is 11.5 Å². The van der Waals surface area contributed by atoms with E-state index in [-0.39, 0.29) is 12.7 Å². The summed E-state index contributed by atoms with van der Waals surface area (Å²) in [5.74, 6) is 1.44. The summed E-state index contributed by atoms with van der Waals surface area (Å²) < 4.78 is 10.6. The lowest BCUT2D eigenvalue weighted by atomic mass is 10.0. The summed E-state index contributed by atoms with van der Waals surface area (Å²) in [6.45, 7) is 5.76. The van der Waals surface area contributed by atoms with E-state index in [0.717, 1.165) is 42.6 Å². The molecular weight excluding hydrogens is 304 g/mol. The van der Waals surface area contributed by atoms with Crippen LogP contribution in [0, 0.1) is 0 Å². The number of piperidine rings is 1. The van der Waals surface area contributed by atoms with Crippen LogP contribution in [0.4, 0.5) is 0 Å². The van der Waals surface area contributed by atoms with Gasteiger partial charge in [0.1, 0.15) is 0 Å². The number of hydrogen-bond donors (Lipinski definition) is 2. The zero-order valence-corrected chi connectivity index (χ0v) is 14.3. The van der Waals surface area contributed by atoms with E-state index in [9.17, 15) is 4.79 Å². The highest BCUT2D eigenvalue weighted by atomic mass is 16.7. The molecule has 0 saturated carbocycles. The maximum Gasteiger partial charge on any atom is 0.244 e. The van der Waals surface area contributed by atoms with Gasteiger partial charge >= 0.3 is 0 Å². The smallest absolute Gasteiger partial charge is 0.244 e. The first-order valence-electron chi connectivity index (χ1n) is 8.92. The molecule has 0 aliphatic carbocycles. The molecule has 0 radical (unpaired) electrons. The molecule has 2 heterocycles. The minimum absolute atomic E-state index is 0.0469. The van der Waals surface area contributed by atoms with Gasteiger partial charge in [-0.15, -0.1) is 0 Å². The van der Waals surface area contributed by atoms with Gasteiger partial charge in [-0.25, -0.2) is 0 Å². The summed E-state index contributed by atoms with van der Waals surface area (Å²) in [5.41, 5.74) is 0.931. The molecule has 1 aromatic rings. The van der Waals surface area contributed by atoms with Crippen molar-refractivity contribution in [2.45, 2.75) is 38.6 Å². The van der Waals surface area contributed by atoms with Crippen molar-refractivity contribution < 1.29 is 19.2 Å². The Labute approximate surface area is 143 Å². The highest BCUT2D eigenvalue weighted by molar-refractivity contribution is 5.91. The molecule has 0 aromatic heterocycles. The Morgan fingerprint density at radius 2 is 2.21 bits per heavy atom. The standard InChI is InChI=1S/C19H26N2O3/c1-15-5-2-3-11-21(15)12-4-10-20-19(22)9-7-16-6-8-17-18(13-16)24-14-23-17/h6-9,13,15H,2-5,10-12,14H2,1H3,(H,20,22)/p+1/b9-7+/t15-/m1/s1.